The zero-order valence-corrected chi connectivity index (χ0v) is 18.4. The molecule has 0 saturated carbocycles. The monoisotopic (exact) mass is 466 g/mol. The van der Waals surface area contributed by atoms with Crippen LogP contribution in [-0.4, -0.2) is 78.9 Å². The number of anilines is 1. The lowest BCUT2D eigenvalue weighted by atomic mass is 9.90. The van der Waals surface area contributed by atoms with Crippen LogP contribution in [0.15, 0.2) is 42.5 Å². The van der Waals surface area contributed by atoms with Crippen molar-refractivity contribution in [3.8, 4) is 5.75 Å². The van der Waals surface area contributed by atoms with Crippen LogP contribution in [0.3, 0.4) is 0 Å². The third kappa shape index (κ3) is 6.17. The minimum atomic E-state index is -1.41. The second kappa shape index (κ2) is 9.89. The molecule has 0 spiro atoms. The van der Waals surface area contributed by atoms with E-state index in [0.29, 0.717) is 51.3 Å². The van der Waals surface area contributed by atoms with Crippen LogP contribution in [0.4, 0.5) is 18.9 Å². The first-order valence-corrected chi connectivity index (χ1v) is 11.1. The summed E-state index contributed by atoms with van der Waals surface area (Å²) in [6, 6.07) is 9.44. The van der Waals surface area contributed by atoms with E-state index in [1.807, 2.05) is 9.80 Å². The number of para-hydroxylation sites is 1. The van der Waals surface area contributed by atoms with Crippen molar-refractivity contribution in [1.82, 2.24) is 4.90 Å². The molecule has 2 saturated heterocycles. The van der Waals surface area contributed by atoms with E-state index in [2.05, 4.69) is 0 Å². The van der Waals surface area contributed by atoms with Gasteiger partial charge >= 0.3 is 0 Å². The summed E-state index contributed by atoms with van der Waals surface area (Å²) >= 11 is 0. The molecule has 2 aliphatic rings. The zero-order valence-electron chi connectivity index (χ0n) is 18.4. The van der Waals surface area contributed by atoms with Gasteiger partial charge in [-0.1, -0.05) is 12.1 Å². The number of halogens is 3. The van der Waals surface area contributed by atoms with E-state index in [4.69, 9.17) is 9.47 Å². The van der Waals surface area contributed by atoms with Gasteiger partial charge in [-0.2, -0.15) is 0 Å². The van der Waals surface area contributed by atoms with Gasteiger partial charge in [0.15, 0.2) is 0 Å². The normalized spacial score (nSPS) is 23.8. The molecular weight excluding hydrogens is 437 g/mol. The third-order valence-electron chi connectivity index (χ3n) is 6.19. The number of β-amino-alcohol motifs (C(OH)–C–C–N with tert-alkyl or cyclic N) is 2. The zero-order chi connectivity index (χ0) is 23.5. The molecule has 0 bridgehead atoms. The minimum absolute atomic E-state index is 0.000782. The molecule has 2 aromatic carbocycles. The van der Waals surface area contributed by atoms with E-state index in [9.17, 15) is 23.4 Å². The maximum atomic E-state index is 14.1. The molecule has 0 unspecified atom stereocenters. The first-order valence-electron chi connectivity index (χ1n) is 11.1. The van der Waals surface area contributed by atoms with E-state index in [1.54, 1.807) is 18.2 Å². The highest BCUT2D eigenvalue weighted by Crippen LogP contribution is 2.29. The van der Waals surface area contributed by atoms with Crippen molar-refractivity contribution in [3.63, 3.8) is 0 Å². The largest absolute Gasteiger partial charge is 0.490 e. The fraction of sp³-hybridized carbons (Fsp3) is 0.500. The number of piperidine rings is 1. The minimum Gasteiger partial charge on any atom is -0.490 e. The first-order chi connectivity index (χ1) is 15.7. The number of rotatable bonds is 6. The Balaban J connectivity index is 1.35. The second-order valence-electron chi connectivity index (χ2n) is 9.04. The highest BCUT2D eigenvalue weighted by molar-refractivity contribution is 5.48. The molecule has 2 N–H and O–H groups in total. The topological polar surface area (TPSA) is 65.4 Å². The van der Waals surface area contributed by atoms with Crippen molar-refractivity contribution in [3.05, 3.63) is 59.9 Å². The van der Waals surface area contributed by atoms with E-state index >= 15 is 0 Å². The van der Waals surface area contributed by atoms with E-state index < -0.39 is 22.8 Å². The molecule has 0 aliphatic carbocycles. The van der Waals surface area contributed by atoms with E-state index in [-0.39, 0.29) is 31.3 Å². The molecule has 2 heterocycles. The van der Waals surface area contributed by atoms with Crippen molar-refractivity contribution in [2.24, 2.45) is 0 Å². The SMILES string of the molecule is OC1(CN2CCOC[C@](O)(COc3cc(F)cc(F)c3)C2)CCN(c2ccccc2F)CC1. The van der Waals surface area contributed by atoms with Gasteiger partial charge in [0, 0.05) is 50.9 Å². The number of aliphatic hydroxyl groups is 2. The summed E-state index contributed by atoms with van der Waals surface area (Å²) in [7, 11) is 0. The Bertz CT molecular complexity index is 935. The molecule has 2 aliphatic heterocycles. The van der Waals surface area contributed by atoms with Crippen molar-refractivity contribution >= 4 is 5.69 Å². The fourth-order valence-corrected chi connectivity index (χ4v) is 4.49. The van der Waals surface area contributed by atoms with Crippen LogP contribution in [0.5, 0.6) is 5.75 Å². The predicted octanol–water partition coefficient (Wildman–Crippen LogP) is 2.58. The van der Waals surface area contributed by atoms with Crippen LogP contribution in [0.25, 0.3) is 0 Å². The van der Waals surface area contributed by atoms with Crippen LogP contribution in [-0.2, 0) is 4.74 Å². The number of benzene rings is 2. The molecule has 1 atom stereocenters. The van der Waals surface area contributed by atoms with Gasteiger partial charge in [-0.3, -0.25) is 4.90 Å². The van der Waals surface area contributed by atoms with Gasteiger partial charge < -0.3 is 24.6 Å². The Hall–Kier alpha value is -2.33. The number of ether oxygens (including phenoxy) is 2. The summed E-state index contributed by atoms with van der Waals surface area (Å²) in [6.45, 7) is 2.18. The highest BCUT2D eigenvalue weighted by atomic mass is 19.1. The molecule has 33 heavy (non-hydrogen) atoms. The van der Waals surface area contributed by atoms with Gasteiger partial charge in [-0.25, -0.2) is 13.2 Å². The lowest BCUT2D eigenvalue weighted by Crippen LogP contribution is -2.55. The number of nitrogens with zero attached hydrogens (tertiary/aromatic N) is 2. The van der Waals surface area contributed by atoms with Gasteiger partial charge in [0.25, 0.3) is 0 Å². The molecule has 0 radical (unpaired) electrons. The second-order valence-corrected chi connectivity index (χ2v) is 9.04. The van der Waals surface area contributed by atoms with Crippen molar-refractivity contribution in [2.75, 3.05) is 57.4 Å². The highest BCUT2D eigenvalue weighted by Gasteiger charge is 2.39. The molecule has 4 rings (SSSR count). The summed E-state index contributed by atoms with van der Waals surface area (Å²) in [4.78, 5) is 3.85. The molecular formula is C24H29F3N2O4. The van der Waals surface area contributed by atoms with Crippen molar-refractivity contribution < 1.29 is 32.9 Å². The smallest absolute Gasteiger partial charge is 0.146 e. The summed E-state index contributed by atoms with van der Waals surface area (Å²) < 4.78 is 51.9. The van der Waals surface area contributed by atoms with Gasteiger partial charge in [0.05, 0.1) is 24.5 Å². The standard InChI is InChI=1S/C24H29F3N2O4/c25-18-11-19(26)13-20(12-18)33-17-24(31)15-28(9-10-32-16-24)14-23(30)5-7-29(8-6-23)22-4-2-1-3-21(22)27/h1-4,11-13,30-31H,5-10,14-17H2/t24-/m0/s1. The molecule has 2 fully saturated rings. The fourth-order valence-electron chi connectivity index (χ4n) is 4.49. The average Bonchev–Trinajstić information content (AvgIpc) is 2.94. The summed E-state index contributed by atoms with van der Waals surface area (Å²) in [6.07, 6.45) is 0.909. The molecule has 0 amide bonds. The van der Waals surface area contributed by atoms with E-state index in [1.165, 1.54) is 6.07 Å². The van der Waals surface area contributed by atoms with Crippen LogP contribution in [0.2, 0.25) is 0 Å². The molecule has 0 aromatic heterocycles. The maximum absolute atomic E-state index is 14.1. The van der Waals surface area contributed by atoms with Crippen LogP contribution < -0.4 is 9.64 Å². The summed E-state index contributed by atoms with van der Waals surface area (Å²) in [5.41, 5.74) is -1.87. The molecule has 2 aromatic rings. The first kappa shape index (κ1) is 23.8. The molecule has 6 nitrogen and oxygen atoms in total. The van der Waals surface area contributed by atoms with Gasteiger partial charge in [0.1, 0.15) is 35.4 Å². The van der Waals surface area contributed by atoms with Crippen LogP contribution in [0, 0.1) is 17.5 Å². The summed E-state index contributed by atoms with van der Waals surface area (Å²) in [5.74, 6) is -1.83. The third-order valence-corrected chi connectivity index (χ3v) is 6.19. The van der Waals surface area contributed by atoms with Gasteiger partial charge in [0.2, 0.25) is 0 Å². The van der Waals surface area contributed by atoms with E-state index in [0.717, 1.165) is 18.2 Å². The Morgan fingerprint density at radius 1 is 0.939 bits per heavy atom. The Labute approximate surface area is 191 Å². The average molecular weight is 467 g/mol. The van der Waals surface area contributed by atoms with Crippen LogP contribution in [0.1, 0.15) is 12.8 Å². The molecule has 180 valence electrons. The Morgan fingerprint density at radius 3 is 2.33 bits per heavy atom. The summed E-state index contributed by atoms with van der Waals surface area (Å²) in [5, 5.41) is 22.2. The van der Waals surface area contributed by atoms with Gasteiger partial charge in [-0.05, 0) is 25.0 Å². The predicted molar refractivity (Wildman–Crippen MR) is 117 cm³/mol. The van der Waals surface area contributed by atoms with Gasteiger partial charge in [-0.15, -0.1) is 0 Å². The Morgan fingerprint density at radius 2 is 1.64 bits per heavy atom. The lowest BCUT2D eigenvalue weighted by molar-refractivity contribution is -0.0743. The lowest BCUT2D eigenvalue weighted by Gasteiger charge is -2.42. The number of hydrogen-bond acceptors (Lipinski definition) is 6. The Kier molecular flexibility index (Phi) is 7.13. The maximum Gasteiger partial charge on any atom is 0.146 e. The molecule has 9 heteroatoms. The van der Waals surface area contributed by atoms with Crippen molar-refractivity contribution in [2.45, 2.75) is 24.0 Å². The van der Waals surface area contributed by atoms with Crippen LogP contribution >= 0.6 is 0 Å². The van der Waals surface area contributed by atoms with Crippen molar-refractivity contribution in [1.29, 1.82) is 0 Å². The number of hydrogen-bond donors (Lipinski definition) is 2. The quantitative estimate of drug-likeness (QED) is 0.683.